The Balaban J connectivity index is 1.38. The fourth-order valence-electron chi connectivity index (χ4n) is 12.5. The highest BCUT2D eigenvalue weighted by atomic mass is 32.3. The molecule has 0 fully saturated rings. The van der Waals surface area contributed by atoms with E-state index in [1.165, 1.54) is 212 Å². The number of hydrogen-bond acceptors (Lipinski definition) is 12. The van der Waals surface area contributed by atoms with Crippen LogP contribution in [0, 0.1) is 46.6 Å². The highest BCUT2D eigenvalue weighted by Gasteiger charge is 2.27. The lowest BCUT2D eigenvalue weighted by atomic mass is 9.96. The van der Waals surface area contributed by atoms with Crippen molar-refractivity contribution in [3.8, 4) is 69.6 Å². The molecule has 0 spiro atoms. The normalized spacial score (nSPS) is 13.1. The number of rotatable bonds is 44. The van der Waals surface area contributed by atoms with Crippen LogP contribution in [0.1, 0.15) is 267 Å². The summed E-state index contributed by atoms with van der Waals surface area (Å²) in [7, 11) is -3.46. The Kier molecular flexibility index (Phi) is 41.3. The van der Waals surface area contributed by atoms with E-state index in [0.29, 0.717) is 26.4 Å². The SMILES string of the molecule is CCCCCCCCCCOc1cc(C#C[Si](C)(C)C)c(OCCCCCCCCCC)cc1C#Cc1ccc2c(=C3SC(SC)=C(SC)S3)c3cc(C#Cc4cc(OCCCCCCCCCC)c(C#C[Si](C)(C)C)cc4OCCCCCCCCCC)ccc3c(=C3SC(SC)=C(SC)S3)c2c1. The number of benzene rings is 5. The second-order valence-corrected chi connectivity index (χ2v) is 48.1. The predicted octanol–water partition coefficient (Wildman–Crippen LogP) is 28.1. The van der Waals surface area contributed by atoms with Crippen molar-refractivity contribution in [2.45, 2.75) is 272 Å². The third kappa shape index (κ3) is 30.1. The average molecular weight is 1580 g/mol. The van der Waals surface area contributed by atoms with Crippen LogP contribution in [0.3, 0.4) is 0 Å². The molecule has 0 saturated carbocycles. The Morgan fingerprint density at radius 1 is 0.288 bits per heavy atom. The Morgan fingerprint density at radius 2 is 0.529 bits per heavy atom. The summed E-state index contributed by atoms with van der Waals surface area (Å²) in [6, 6.07) is 22.5. The van der Waals surface area contributed by atoms with Crippen molar-refractivity contribution in [3.05, 3.63) is 121 Å². The van der Waals surface area contributed by atoms with E-state index < -0.39 is 16.1 Å². The standard InChI is InChI=1S/C90H124O4S8Si2/c1-15-19-23-27-31-35-39-43-57-91-79-67-73(55-61-103(9,10)11)81(93-59-45-41-37-33-29-25-21-17-3)65-71(79)51-47-69-49-53-75-77(63-69)83(85-99-87(95-5)88(96-6)100-85)76-54-50-70(64-78(76)84(75)86-101-89(97-7)90(98-8)102-86)48-52-72-66-82(94-60-46-42-38-34-30-26-22-18-4)74(56-62-104(12,13)14)68-80(72)92-58-44-40-36-32-28-24-20-16-2/h49-50,53-54,63-68H,15-46,57-60H2,1-14H3. The van der Waals surface area contributed by atoms with Crippen LogP contribution in [0.15, 0.2) is 77.6 Å². The van der Waals surface area contributed by atoms with Crippen LogP contribution in [0.4, 0.5) is 0 Å². The van der Waals surface area contributed by atoms with Gasteiger partial charge in [0.2, 0.25) is 0 Å². The van der Waals surface area contributed by atoms with Crippen molar-refractivity contribution in [2.75, 3.05) is 51.5 Å². The second-order valence-electron chi connectivity index (χ2n) is 29.7. The Hall–Kier alpha value is -3.49. The van der Waals surface area contributed by atoms with Gasteiger partial charge in [0, 0.05) is 45.8 Å². The minimum absolute atomic E-state index is 0.634. The Bertz CT molecular complexity index is 3720. The average Bonchev–Trinajstić information content (AvgIpc) is 1.19. The number of unbranched alkanes of at least 4 members (excludes halogenated alkanes) is 28. The molecule has 2 aliphatic heterocycles. The van der Waals surface area contributed by atoms with Gasteiger partial charge in [0.25, 0.3) is 0 Å². The molecule has 0 aromatic heterocycles. The minimum atomic E-state index is -1.73. The fraction of sp³-hybridized carbons (Fsp3) is 0.556. The van der Waals surface area contributed by atoms with E-state index in [2.05, 4.69) is 199 Å². The highest BCUT2D eigenvalue weighted by Crippen LogP contribution is 2.58. The van der Waals surface area contributed by atoms with Crippen LogP contribution >= 0.6 is 94.1 Å². The third-order valence-electron chi connectivity index (χ3n) is 18.4. The van der Waals surface area contributed by atoms with Crippen LogP contribution in [0.25, 0.3) is 30.0 Å². The molecule has 2 heterocycles. The maximum atomic E-state index is 6.84. The summed E-state index contributed by atoms with van der Waals surface area (Å²) in [4.78, 5) is 0. The zero-order chi connectivity index (χ0) is 74.4. The van der Waals surface area contributed by atoms with E-state index in [1.54, 1.807) is 0 Å². The van der Waals surface area contributed by atoms with E-state index in [9.17, 15) is 0 Å². The van der Waals surface area contributed by atoms with E-state index >= 15 is 0 Å². The molecular weight excluding hydrogens is 1460 g/mol. The number of fused-ring (bicyclic) bond motifs is 2. The topological polar surface area (TPSA) is 36.9 Å². The van der Waals surface area contributed by atoms with Gasteiger partial charge in [0.15, 0.2) is 0 Å². The van der Waals surface area contributed by atoms with Gasteiger partial charge in [-0.1, -0.05) is 341 Å². The lowest BCUT2D eigenvalue weighted by Crippen LogP contribution is -2.17. The molecule has 564 valence electrons. The first-order chi connectivity index (χ1) is 50.5. The molecule has 0 radical (unpaired) electrons. The van der Waals surface area contributed by atoms with Gasteiger partial charge in [0.1, 0.15) is 39.1 Å². The van der Waals surface area contributed by atoms with Crippen molar-refractivity contribution in [1.82, 2.24) is 0 Å². The molecule has 0 bridgehead atoms. The summed E-state index contributed by atoms with van der Waals surface area (Å²) < 4.78 is 35.2. The Morgan fingerprint density at radius 3 is 0.769 bits per heavy atom. The first-order valence-corrected chi connectivity index (χ1v) is 54.8. The number of hydrogen-bond donors (Lipinski definition) is 0. The minimum Gasteiger partial charge on any atom is -0.492 e. The summed E-state index contributed by atoms with van der Waals surface area (Å²) in [6.45, 7) is 25.6. The van der Waals surface area contributed by atoms with Crippen LogP contribution in [0.5, 0.6) is 23.0 Å². The van der Waals surface area contributed by atoms with Gasteiger partial charge in [-0.3, -0.25) is 0 Å². The molecule has 0 unspecified atom stereocenters. The molecular formula is C90H124O4S8Si2. The van der Waals surface area contributed by atoms with Gasteiger partial charge in [-0.25, -0.2) is 0 Å². The number of ether oxygens (including phenoxy) is 4. The van der Waals surface area contributed by atoms with Gasteiger partial charge in [-0.2, -0.15) is 0 Å². The molecule has 0 N–H and O–H groups in total. The molecule has 5 aromatic carbocycles. The summed E-state index contributed by atoms with van der Waals surface area (Å²) in [5, 5.41) is 7.29. The van der Waals surface area contributed by atoms with Gasteiger partial charge in [0.05, 0.1) is 74.1 Å². The van der Waals surface area contributed by atoms with Gasteiger partial charge >= 0.3 is 0 Å². The fourth-order valence-corrected chi connectivity index (χ4v) is 23.8. The summed E-state index contributed by atoms with van der Waals surface area (Å²) >= 11 is 15.0. The van der Waals surface area contributed by atoms with Crippen molar-refractivity contribution >= 4 is 140 Å². The molecule has 0 amide bonds. The smallest absolute Gasteiger partial charge is 0.136 e. The summed E-state index contributed by atoms with van der Waals surface area (Å²) in [5.41, 5.74) is 12.7. The van der Waals surface area contributed by atoms with Crippen molar-refractivity contribution < 1.29 is 18.9 Å². The first-order valence-electron chi connectivity index (χ1n) is 39.7. The van der Waals surface area contributed by atoms with Crippen LogP contribution in [-0.2, 0) is 0 Å². The quantitative estimate of drug-likeness (QED) is 0.0161. The summed E-state index contributed by atoms with van der Waals surface area (Å²) in [6.07, 6.45) is 48.6. The van der Waals surface area contributed by atoms with Crippen LogP contribution in [-0.4, -0.2) is 67.6 Å². The van der Waals surface area contributed by atoms with Crippen molar-refractivity contribution in [3.63, 3.8) is 0 Å². The molecule has 104 heavy (non-hydrogen) atoms. The van der Waals surface area contributed by atoms with E-state index in [0.717, 1.165) is 108 Å². The van der Waals surface area contributed by atoms with E-state index in [4.69, 9.17) is 18.9 Å². The molecule has 0 atom stereocenters. The lowest BCUT2D eigenvalue weighted by molar-refractivity contribution is 0.295. The first kappa shape index (κ1) is 87.7. The molecule has 4 nitrogen and oxygen atoms in total. The monoisotopic (exact) mass is 1580 g/mol. The Labute approximate surface area is 668 Å². The zero-order valence-electron chi connectivity index (χ0n) is 66.1. The van der Waals surface area contributed by atoms with Gasteiger partial charge in [-0.15, -0.1) is 58.1 Å². The second kappa shape index (κ2) is 48.9. The van der Waals surface area contributed by atoms with E-state index in [-0.39, 0.29) is 0 Å². The molecule has 0 aliphatic carbocycles. The molecule has 2 aliphatic rings. The maximum Gasteiger partial charge on any atom is 0.136 e. The molecule has 14 heteroatoms. The highest BCUT2D eigenvalue weighted by molar-refractivity contribution is 8.46. The molecule has 7 rings (SSSR count). The van der Waals surface area contributed by atoms with Gasteiger partial charge in [-0.05, 0) is 96.5 Å². The van der Waals surface area contributed by atoms with Crippen LogP contribution < -0.4 is 29.4 Å². The lowest BCUT2D eigenvalue weighted by Gasteiger charge is -2.14. The third-order valence-corrected chi connectivity index (χ3v) is 30.6. The number of thioether (sulfide) groups is 8. The van der Waals surface area contributed by atoms with Gasteiger partial charge < -0.3 is 18.9 Å². The maximum absolute atomic E-state index is 6.84. The molecule has 5 aromatic rings. The predicted molar refractivity (Wildman–Crippen MR) is 484 cm³/mol. The van der Waals surface area contributed by atoms with Crippen LogP contribution in [0.2, 0.25) is 39.3 Å². The van der Waals surface area contributed by atoms with Crippen molar-refractivity contribution in [2.24, 2.45) is 0 Å². The van der Waals surface area contributed by atoms with Crippen molar-refractivity contribution in [1.29, 1.82) is 0 Å². The summed E-state index contributed by atoms with van der Waals surface area (Å²) in [5.74, 6) is 25.4. The zero-order valence-corrected chi connectivity index (χ0v) is 74.7. The largest absolute Gasteiger partial charge is 0.492 e. The van der Waals surface area contributed by atoms with E-state index in [1.807, 2.05) is 94.1 Å². The molecule has 0 saturated heterocycles.